The molecule has 0 heterocycles. The van der Waals surface area contributed by atoms with Crippen LogP contribution in [0.2, 0.25) is 0 Å². The summed E-state index contributed by atoms with van der Waals surface area (Å²) in [5.74, 6) is 4.81. The van der Waals surface area contributed by atoms with Crippen LogP contribution < -0.4 is 4.74 Å². The van der Waals surface area contributed by atoms with Crippen LogP contribution in [0.4, 0.5) is 0 Å². The molecule has 248 valence electrons. The number of hydrogen-bond acceptors (Lipinski definition) is 5. The number of benzene rings is 1. The van der Waals surface area contributed by atoms with E-state index >= 15 is 0 Å². The number of hydrogen-bond donors (Lipinski definition) is 0. The molecule has 1 aromatic rings. The van der Waals surface area contributed by atoms with Crippen molar-refractivity contribution < 1.29 is 23.8 Å². The standard InChI is InChI=1S/C40H58O5/c1-7-37(41)44-25-24-43-31-17-14-29(15-18-31)38(42)45-32-20-22-39(5)30(26-32)16-19-33-35-13-9-12-34(28(4)11-8-10-27(2)3)40(35,6)23-21-36(33)39/h7,14-18,27-28,32-36H,1,8-13,19-26H2,2-6H3. The molecule has 0 aliphatic heterocycles. The summed E-state index contributed by atoms with van der Waals surface area (Å²) >= 11 is 0. The number of fused-ring (bicyclic) bond motifs is 5. The molecular weight excluding hydrogens is 560 g/mol. The van der Waals surface area contributed by atoms with E-state index in [1.165, 1.54) is 57.8 Å². The molecule has 45 heavy (non-hydrogen) atoms. The zero-order valence-corrected chi connectivity index (χ0v) is 28.7. The average Bonchev–Trinajstić information content (AvgIpc) is 3.02. The largest absolute Gasteiger partial charge is 0.490 e. The van der Waals surface area contributed by atoms with Gasteiger partial charge in [-0.1, -0.05) is 78.5 Å². The molecule has 1 aromatic carbocycles. The minimum Gasteiger partial charge on any atom is -0.490 e. The lowest BCUT2D eigenvalue weighted by atomic mass is 9.42. The van der Waals surface area contributed by atoms with Gasteiger partial charge in [0.1, 0.15) is 25.1 Å². The summed E-state index contributed by atoms with van der Waals surface area (Å²) in [6.45, 7) is 16.3. The molecule has 0 aromatic heterocycles. The van der Waals surface area contributed by atoms with Gasteiger partial charge < -0.3 is 14.2 Å². The molecule has 5 nitrogen and oxygen atoms in total. The molecular formula is C40H58O5. The van der Waals surface area contributed by atoms with Crippen molar-refractivity contribution in [3.05, 3.63) is 54.1 Å². The van der Waals surface area contributed by atoms with Gasteiger partial charge in [-0.2, -0.15) is 0 Å². The molecule has 3 saturated carbocycles. The van der Waals surface area contributed by atoms with Gasteiger partial charge in [0.15, 0.2) is 0 Å². The Hall–Kier alpha value is -2.56. The number of carbonyl (C=O) groups is 2. The summed E-state index contributed by atoms with van der Waals surface area (Å²) in [5.41, 5.74) is 2.81. The van der Waals surface area contributed by atoms with Crippen LogP contribution in [0.5, 0.6) is 5.75 Å². The van der Waals surface area contributed by atoms with Gasteiger partial charge in [0.2, 0.25) is 0 Å². The highest BCUT2D eigenvalue weighted by Gasteiger charge is 2.57. The third kappa shape index (κ3) is 7.38. The molecule has 5 rings (SSSR count). The summed E-state index contributed by atoms with van der Waals surface area (Å²) in [5, 5.41) is 0. The van der Waals surface area contributed by atoms with Crippen LogP contribution in [0, 0.1) is 46.3 Å². The Morgan fingerprint density at radius 3 is 2.49 bits per heavy atom. The van der Waals surface area contributed by atoms with Crippen LogP contribution in [-0.2, 0) is 14.3 Å². The Labute approximate surface area is 272 Å². The molecule has 8 unspecified atom stereocenters. The maximum atomic E-state index is 13.1. The summed E-state index contributed by atoms with van der Waals surface area (Å²) in [4.78, 5) is 24.2. The highest BCUT2D eigenvalue weighted by molar-refractivity contribution is 5.89. The van der Waals surface area contributed by atoms with Gasteiger partial charge in [0.05, 0.1) is 5.56 Å². The molecule has 0 spiro atoms. The second-order valence-electron chi connectivity index (χ2n) is 15.7. The van der Waals surface area contributed by atoms with Crippen LogP contribution in [0.3, 0.4) is 0 Å². The van der Waals surface area contributed by atoms with E-state index in [1.807, 2.05) is 0 Å². The quantitative estimate of drug-likeness (QED) is 0.101. The number of carbonyl (C=O) groups excluding carboxylic acids is 2. The zero-order valence-electron chi connectivity index (χ0n) is 28.7. The van der Waals surface area contributed by atoms with E-state index in [1.54, 1.807) is 29.8 Å². The maximum absolute atomic E-state index is 13.1. The lowest BCUT2D eigenvalue weighted by Crippen LogP contribution is -2.54. The highest BCUT2D eigenvalue weighted by Crippen LogP contribution is 2.66. The van der Waals surface area contributed by atoms with Gasteiger partial charge in [-0.3, -0.25) is 0 Å². The van der Waals surface area contributed by atoms with Crippen LogP contribution in [0.15, 0.2) is 48.6 Å². The molecule has 4 aliphatic carbocycles. The van der Waals surface area contributed by atoms with Crippen LogP contribution in [0.1, 0.15) is 122 Å². The Morgan fingerprint density at radius 2 is 1.76 bits per heavy atom. The third-order valence-corrected chi connectivity index (χ3v) is 12.6. The second-order valence-corrected chi connectivity index (χ2v) is 15.7. The van der Waals surface area contributed by atoms with Crippen molar-refractivity contribution in [2.24, 2.45) is 46.3 Å². The summed E-state index contributed by atoms with van der Waals surface area (Å²) in [6.07, 6.45) is 18.9. The molecule has 3 fully saturated rings. The number of allylic oxidation sites excluding steroid dienone is 1. The first-order valence-electron chi connectivity index (χ1n) is 18.0. The molecule has 0 amide bonds. The van der Waals surface area contributed by atoms with Gasteiger partial charge in [-0.05, 0) is 116 Å². The first-order chi connectivity index (χ1) is 21.5. The van der Waals surface area contributed by atoms with E-state index in [0.29, 0.717) is 16.7 Å². The van der Waals surface area contributed by atoms with Crippen LogP contribution in [0.25, 0.3) is 0 Å². The smallest absolute Gasteiger partial charge is 0.338 e. The molecule has 4 aliphatic rings. The van der Waals surface area contributed by atoms with Crippen molar-refractivity contribution in [3.63, 3.8) is 0 Å². The minimum atomic E-state index is -0.472. The van der Waals surface area contributed by atoms with Crippen molar-refractivity contribution in [3.8, 4) is 5.75 Å². The summed E-state index contributed by atoms with van der Waals surface area (Å²) in [7, 11) is 0. The Kier molecular flexibility index (Phi) is 10.9. The van der Waals surface area contributed by atoms with Gasteiger partial charge in [0.25, 0.3) is 0 Å². The normalized spacial score (nSPS) is 33.1. The first-order valence-corrected chi connectivity index (χ1v) is 18.0. The Bertz CT molecular complexity index is 1220. The van der Waals surface area contributed by atoms with E-state index in [2.05, 4.69) is 47.3 Å². The van der Waals surface area contributed by atoms with E-state index in [0.717, 1.165) is 60.8 Å². The van der Waals surface area contributed by atoms with Crippen LogP contribution >= 0.6 is 0 Å². The fourth-order valence-electron chi connectivity index (χ4n) is 10.2. The van der Waals surface area contributed by atoms with E-state index < -0.39 is 5.97 Å². The van der Waals surface area contributed by atoms with Gasteiger partial charge >= 0.3 is 11.9 Å². The number of ether oxygens (including phenoxy) is 3. The highest BCUT2D eigenvalue weighted by atomic mass is 16.6. The van der Waals surface area contributed by atoms with Gasteiger partial charge in [-0.15, -0.1) is 0 Å². The third-order valence-electron chi connectivity index (χ3n) is 12.6. The number of rotatable bonds is 12. The first kappa shape index (κ1) is 33.8. The minimum absolute atomic E-state index is 0.0662. The molecule has 5 heteroatoms. The topological polar surface area (TPSA) is 61.8 Å². The van der Waals surface area contributed by atoms with Gasteiger partial charge in [0, 0.05) is 12.5 Å². The molecule has 0 bridgehead atoms. The molecule has 8 atom stereocenters. The van der Waals surface area contributed by atoms with Crippen molar-refractivity contribution in [1.29, 1.82) is 0 Å². The predicted octanol–water partition coefficient (Wildman–Crippen LogP) is 9.75. The molecule has 0 radical (unpaired) electrons. The monoisotopic (exact) mass is 618 g/mol. The average molecular weight is 619 g/mol. The van der Waals surface area contributed by atoms with Crippen molar-refractivity contribution in [2.75, 3.05) is 13.2 Å². The zero-order chi connectivity index (χ0) is 32.2. The fraction of sp³-hybridized carbons (Fsp3) is 0.700. The summed E-state index contributed by atoms with van der Waals surface area (Å²) in [6, 6.07) is 7.00. The van der Waals surface area contributed by atoms with E-state index in [4.69, 9.17) is 14.2 Å². The Balaban J connectivity index is 1.17. The van der Waals surface area contributed by atoms with Crippen molar-refractivity contribution >= 4 is 11.9 Å². The van der Waals surface area contributed by atoms with Crippen molar-refractivity contribution in [2.45, 2.75) is 118 Å². The van der Waals surface area contributed by atoms with E-state index in [9.17, 15) is 9.59 Å². The maximum Gasteiger partial charge on any atom is 0.338 e. The predicted molar refractivity (Wildman–Crippen MR) is 180 cm³/mol. The SMILES string of the molecule is C=CC(=O)OCCOc1ccc(C(=O)OC2CCC3(C)C(=CCC4C3CCC3(C)C(C(C)CCCC(C)C)CCCC43)C2)cc1. The lowest BCUT2D eigenvalue weighted by molar-refractivity contribution is -0.138. The second kappa shape index (κ2) is 14.5. The molecule has 0 saturated heterocycles. The fourth-order valence-corrected chi connectivity index (χ4v) is 10.2. The Morgan fingerprint density at radius 1 is 0.978 bits per heavy atom. The van der Waals surface area contributed by atoms with Crippen molar-refractivity contribution in [1.82, 2.24) is 0 Å². The van der Waals surface area contributed by atoms with Gasteiger partial charge in [-0.25, -0.2) is 9.59 Å². The van der Waals surface area contributed by atoms with E-state index in [-0.39, 0.29) is 30.7 Å². The molecule has 0 N–H and O–H groups in total. The number of esters is 2. The van der Waals surface area contributed by atoms with Crippen LogP contribution in [-0.4, -0.2) is 31.3 Å². The summed E-state index contributed by atoms with van der Waals surface area (Å²) < 4.78 is 16.6. The lowest BCUT2D eigenvalue weighted by Gasteiger charge is -2.62.